The van der Waals surface area contributed by atoms with Crippen LogP contribution in [0.25, 0.3) is 11.5 Å². The quantitative estimate of drug-likeness (QED) is 0.499. The van der Waals surface area contributed by atoms with Crippen LogP contribution >= 0.6 is 0 Å². The second-order valence-corrected chi connectivity index (χ2v) is 7.52. The lowest BCUT2D eigenvalue weighted by atomic mass is 10.0. The molecule has 1 aromatic carbocycles. The highest BCUT2D eigenvalue weighted by Gasteiger charge is 2.26. The van der Waals surface area contributed by atoms with Crippen LogP contribution in [0.4, 0.5) is 4.39 Å². The molecule has 1 saturated heterocycles. The maximum Gasteiger partial charge on any atom is 0.226 e. The van der Waals surface area contributed by atoms with Crippen LogP contribution in [0.1, 0.15) is 30.5 Å². The third-order valence-electron chi connectivity index (χ3n) is 5.29. The smallest absolute Gasteiger partial charge is 0.226 e. The predicted molar refractivity (Wildman–Crippen MR) is 114 cm³/mol. The van der Waals surface area contributed by atoms with Crippen molar-refractivity contribution in [1.29, 1.82) is 0 Å². The van der Waals surface area contributed by atoms with Crippen molar-refractivity contribution in [3.8, 4) is 11.5 Å². The lowest BCUT2D eigenvalue weighted by Gasteiger charge is -2.21. The Hall–Kier alpha value is -3.16. The van der Waals surface area contributed by atoms with Gasteiger partial charge in [-0.05, 0) is 43.2 Å². The number of aromatic nitrogens is 3. The van der Waals surface area contributed by atoms with Crippen LogP contribution in [0.5, 0.6) is 0 Å². The first-order valence-corrected chi connectivity index (χ1v) is 10.3. The highest BCUT2D eigenvalue weighted by atomic mass is 19.1. The molecule has 158 valence electrons. The van der Waals surface area contributed by atoms with E-state index in [-0.39, 0.29) is 5.82 Å². The summed E-state index contributed by atoms with van der Waals surface area (Å²) in [5, 5.41) is 7.70. The zero-order chi connectivity index (χ0) is 20.9. The monoisotopic (exact) mass is 410 g/mol. The minimum atomic E-state index is -0.275. The van der Waals surface area contributed by atoms with E-state index in [2.05, 4.69) is 33.4 Å². The molecule has 7 nitrogen and oxygen atoms in total. The largest absolute Gasteiger partial charge is 0.444 e. The maximum atomic E-state index is 13.1. The first-order valence-electron chi connectivity index (χ1n) is 10.3. The molecular formula is C22H27FN6O. The highest BCUT2D eigenvalue weighted by Crippen LogP contribution is 2.26. The van der Waals surface area contributed by atoms with Gasteiger partial charge < -0.3 is 14.6 Å². The normalized spacial score (nSPS) is 17.0. The Labute approximate surface area is 175 Å². The van der Waals surface area contributed by atoms with Crippen LogP contribution < -0.4 is 5.32 Å². The molecule has 1 N–H and O–H groups in total. The summed E-state index contributed by atoms with van der Waals surface area (Å²) < 4.78 is 20.5. The number of rotatable bonds is 6. The molecule has 30 heavy (non-hydrogen) atoms. The van der Waals surface area contributed by atoms with Gasteiger partial charge in [-0.2, -0.15) is 5.10 Å². The second kappa shape index (κ2) is 9.11. The Morgan fingerprint density at radius 2 is 2.17 bits per heavy atom. The maximum absolute atomic E-state index is 13.1. The van der Waals surface area contributed by atoms with Crippen molar-refractivity contribution < 1.29 is 8.81 Å². The number of hydrogen-bond donors (Lipinski definition) is 1. The van der Waals surface area contributed by atoms with Gasteiger partial charge in [-0.25, -0.2) is 9.37 Å². The molecule has 4 rings (SSSR count). The first-order chi connectivity index (χ1) is 14.6. The summed E-state index contributed by atoms with van der Waals surface area (Å²) in [4.78, 5) is 11.6. The van der Waals surface area contributed by atoms with E-state index in [1.165, 1.54) is 17.7 Å². The lowest BCUT2D eigenvalue weighted by molar-refractivity contribution is 0.486. The van der Waals surface area contributed by atoms with E-state index in [4.69, 9.17) is 9.41 Å². The van der Waals surface area contributed by atoms with E-state index in [9.17, 15) is 4.39 Å². The molecule has 1 fully saturated rings. The number of aliphatic imine (C=N–C) groups is 1. The van der Waals surface area contributed by atoms with Gasteiger partial charge >= 0.3 is 0 Å². The van der Waals surface area contributed by atoms with Crippen molar-refractivity contribution in [2.24, 2.45) is 12.0 Å². The molecule has 0 amide bonds. The summed E-state index contributed by atoms with van der Waals surface area (Å²) in [5.41, 5.74) is 2.88. The van der Waals surface area contributed by atoms with E-state index in [0.717, 1.165) is 43.3 Å². The lowest BCUT2D eigenvalue weighted by Crippen LogP contribution is -2.40. The van der Waals surface area contributed by atoms with Gasteiger partial charge in [0.2, 0.25) is 5.89 Å². The molecule has 1 atom stereocenters. The summed E-state index contributed by atoms with van der Waals surface area (Å²) in [5.74, 6) is 1.64. The zero-order valence-corrected chi connectivity index (χ0v) is 17.4. The fourth-order valence-corrected chi connectivity index (χ4v) is 3.72. The van der Waals surface area contributed by atoms with Gasteiger partial charge in [0.1, 0.15) is 12.1 Å². The van der Waals surface area contributed by atoms with Crippen molar-refractivity contribution >= 4 is 5.96 Å². The third-order valence-corrected chi connectivity index (χ3v) is 5.29. The third kappa shape index (κ3) is 4.69. The second-order valence-electron chi connectivity index (χ2n) is 7.52. The van der Waals surface area contributed by atoms with Crippen molar-refractivity contribution in [2.45, 2.75) is 25.7 Å². The zero-order valence-electron chi connectivity index (χ0n) is 17.4. The number of halogens is 1. The molecule has 1 aliphatic heterocycles. The van der Waals surface area contributed by atoms with Crippen LogP contribution in [0.15, 0.2) is 52.3 Å². The predicted octanol–water partition coefficient (Wildman–Crippen LogP) is 3.21. The minimum Gasteiger partial charge on any atom is -0.444 e. The standard InChI is InChI=1S/C22H27FN6O/c1-3-24-22(29-11-9-17(14-29)18-12-26-28(2)13-18)25-10-8-20-15-30-21(27-20)16-4-6-19(23)7-5-16/h4-7,12-13,15,17H,3,8-11,14H2,1-2H3,(H,24,25). The molecule has 2 aromatic heterocycles. The van der Waals surface area contributed by atoms with Crippen molar-refractivity contribution in [1.82, 2.24) is 25.0 Å². The molecule has 0 saturated carbocycles. The van der Waals surface area contributed by atoms with Gasteiger partial charge in [0, 0.05) is 57.3 Å². The number of aryl methyl sites for hydroxylation is 1. The molecule has 0 bridgehead atoms. The van der Waals surface area contributed by atoms with E-state index >= 15 is 0 Å². The van der Waals surface area contributed by atoms with Gasteiger partial charge in [-0.15, -0.1) is 0 Å². The van der Waals surface area contributed by atoms with Crippen LogP contribution in [-0.4, -0.2) is 51.8 Å². The first kappa shape index (κ1) is 20.1. The Balaban J connectivity index is 1.36. The van der Waals surface area contributed by atoms with Crippen molar-refractivity contribution in [2.75, 3.05) is 26.2 Å². The fraction of sp³-hybridized carbons (Fsp3) is 0.409. The Morgan fingerprint density at radius 1 is 1.33 bits per heavy atom. The van der Waals surface area contributed by atoms with Crippen LogP contribution in [0.3, 0.4) is 0 Å². The van der Waals surface area contributed by atoms with Crippen LogP contribution in [0, 0.1) is 5.82 Å². The molecule has 8 heteroatoms. The molecule has 3 aromatic rings. The van der Waals surface area contributed by atoms with Gasteiger partial charge in [0.15, 0.2) is 5.96 Å². The summed E-state index contributed by atoms with van der Waals surface area (Å²) >= 11 is 0. The number of oxazole rings is 1. The van der Waals surface area contributed by atoms with Gasteiger partial charge in [-0.3, -0.25) is 9.67 Å². The van der Waals surface area contributed by atoms with E-state index in [1.807, 2.05) is 17.9 Å². The van der Waals surface area contributed by atoms with E-state index in [0.29, 0.717) is 24.8 Å². The van der Waals surface area contributed by atoms with Crippen molar-refractivity contribution in [3.63, 3.8) is 0 Å². The number of nitrogens with zero attached hydrogens (tertiary/aromatic N) is 5. The van der Waals surface area contributed by atoms with E-state index < -0.39 is 0 Å². The van der Waals surface area contributed by atoms with E-state index in [1.54, 1.807) is 18.4 Å². The molecule has 0 aliphatic carbocycles. The summed E-state index contributed by atoms with van der Waals surface area (Å²) in [6.45, 7) is 5.44. The molecule has 1 aliphatic rings. The average molecular weight is 410 g/mol. The summed E-state index contributed by atoms with van der Waals surface area (Å²) in [6.07, 6.45) is 7.48. The molecule has 3 heterocycles. The number of hydrogen-bond acceptors (Lipinski definition) is 4. The Bertz CT molecular complexity index is 993. The van der Waals surface area contributed by atoms with Crippen LogP contribution in [-0.2, 0) is 13.5 Å². The Kier molecular flexibility index (Phi) is 6.11. The van der Waals surface area contributed by atoms with Gasteiger partial charge in [0.25, 0.3) is 0 Å². The number of guanidine groups is 1. The summed E-state index contributed by atoms with van der Waals surface area (Å²) in [7, 11) is 1.95. The number of benzene rings is 1. The average Bonchev–Trinajstić information content (AvgIpc) is 3.48. The highest BCUT2D eigenvalue weighted by molar-refractivity contribution is 5.80. The molecule has 0 spiro atoms. The van der Waals surface area contributed by atoms with Gasteiger partial charge in [0.05, 0.1) is 11.9 Å². The molecule has 1 unspecified atom stereocenters. The van der Waals surface area contributed by atoms with Crippen molar-refractivity contribution in [3.05, 3.63) is 60.0 Å². The topological polar surface area (TPSA) is 71.5 Å². The Morgan fingerprint density at radius 3 is 2.90 bits per heavy atom. The minimum absolute atomic E-state index is 0.275. The SMILES string of the molecule is CCNC(=NCCc1coc(-c2ccc(F)cc2)n1)N1CCC(c2cnn(C)c2)C1. The summed E-state index contributed by atoms with van der Waals surface area (Å²) in [6, 6.07) is 6.14. The molecular weight excluding hydrogens is 383 g/mol. The van der Waals surface area contributed by atoms with Gasteiger partial charge in [-0.1, -0.05) is 0 Å². The van der Waals surface area contributed by atoms with Crippen LogP contribution in [0.2, 0.25) is 0 Å². The molecule has 0 radical (unpaired) electrons. The number of nitrogens with one attached hydrogen (secondary N) is 1. The number of likely N-dealkylation sites (tertiary alicyclic amines) is 1. The fourth-order valence-electron chi connectivity index (χ4n) is 3.72.